The maximum Gasteiger partial charge on any atom is 1.00 e. The Morgan fingerprint density at radius 3 is 2.74 bits per heavy atom. The average Bonchev–Trinajstić information content (AvgIpc) is 2.74. The predicted octanol–water partition coefficient (Wildman–Crippen LogP) is -4.17. The fraction of sp³-hybridized carbons (Fsp3) is 0.750. The normalized spacial score (nSPS) is 22.6. The molecule has 0 saturated carbocycles. The molecule has 3 atom stereocenters. The van der Waals surface area contributed by atoms with Crippen molar-refractivity contribution in [2.75, 3.05) is 6.54 Å². The number of nitrogens with zero attached hydrogens (tertiary/aromatic N) is 1. The first kappa shape index (κ1) is 18.2. The van der Waals surface area contributed by atoms with Gasteiger partial charge in [0.25, 0.3) is 0 Å². The second-order valence-corrected chi connectivity index (χ2v) is 4.70. The Balaban J connectivity index is 0.00000324. The van der Waals surface area contributed by atoms with Gasteiger partial charge in [0.1, 0.15) is 6.04 Å². The molecule has 1 aliphatic rings. The van der Waals surface area contributed by atoms with Gasteiger partial charge in [-0.05, 0) is 31.6 Å². The second-order valence-electron chi connectivity index (χ2n) is 4.70. The predicted molar refractivity (Wildman–Crippen MR) is 65.9 cm³/mol. The standard InChI is InChI=1S/C12H21N3O3.Li/c1-8-5-7-14-10(8)11(16)15-6-3-2-4-9(13)12(17)18;/h7-10H,2-6,13H2,1H3,(H,15,16)(H,17,18);/q;+1/p-1/t8-,9+,10-;/m1./s1. The van der Waals surface area contributed by atoms with E-state index in [4.69, 9.17) is 5.73 Å². The Morgan fingerprint density at radius 1 is 1.53 bits per heavy atom. The number of carboxylic acid groups (broad SMARTS) is 1. The van der Waals surface area contributed by atoms with Crippen molar-refractivity contribution < 1.29 is 33.6 Å². The van der Waals surface area contributed by atoms with Crippen LogP contribution in [0.1, 0.15) is 32.6 Å². The van der Waals surface area contributed by atoms with Gasteiger partial charge in [-0.1, -0.05) is 6.92 Å². The van der Waals surface area contributed by atoms with Crippen molar-refractivity contribution in [2.45, 2.75) is 44.7 Å². The molecule has 1 rings (SSSR count). The maximum absolute atomic E-state index is 11.7. The quantitative estimate of drug-likeness (QED) is 0.358. The van der Waals surface area contributed by atoms with Gasteiger partial charge in [-0.25, -0.2) is 0 Å². The van der Waals surface area contributed by atoms with Crippen LogP contribution in [0.5, 0.6) is 0 Å². The fourth-order valence-corrected chi connectivity index (χ4v) is 1.87. The third-order valence-electron chi connectivity index (χ3n) is 3.09. The summed E-state index contributed by atoms with van der Waals surface area (Å²) in [6.07, 6.45) is 4.36. The van der Waals surface area contributed by atoms with Crippen LogP contribution in [0.4, 0.5) is 0 Å². The van der Waals surface area contributed by atoms with Crippen molar-refractivity contribution in [3.05, 3.63) is 0 Å². The zero-order valence-corrected chi connectivity index (χ0v) is 11.6. The minimum atomic E-state index is -1.23. The first-order chi connectivity index (χ1) is 8.52. The van der Waals surface area contributed by atoms with Crippen LogP contribution < -0.4 is 35.0 Å². The van der Waals surface area contributed by atoms with Crippen LogP contribution in [-0.4, -0.2) is 36.7 Å². The number of carbonyl (C=O) groups is 2. The monoisotopic (exact) mass is 261 g/mol. The molecule has 0 aromatic heterocycles. The SMILES string of the molecule is C[C@@H]1CC=N[C@H]1C(=O)NCCCC[C@H](N)C(=O)[O-].[Li+]. The summed E-state index contributed by atoms with van der Waals surface area (Å²) in [5.41, 5.74) is 5.31. The van der Waals surface area contributed by atoms with E-state index in [1.165, 1.54) is 0 Å². The second kappa shape index (κ2) is 9.13. The molecular weight excluding hydrogens is 241 g/mol. The number of hydrogen-bond acceptors (Lipinski definition) is 5. The van der Waals surface area contributed by atoms with Gasteiger partial charge < -0.3 is 21.0 Å². The van der Waals surface area contributed by atoms with Crippen molar-refractivity contribution >= 4 is 18.1 Å². The molecule has 0 aromatic rings. The molecule has 7 heteroatoms. The van der Waals surface area contributed by atoms with Crippen molar-refractivity contribution in [1.29, 1.82) is 0 Å². The molecule has 0 aromatic carbocycles. The smallest absolute Gasteiger partial charge is 0.548 e. The van der Waals surface area contributed by atoms with E-state index < -0.39 is 12.0 Å². The van der Waals surface area contributed by atoms with E-state index in [9.17, 15) is 14.7 Å². The summed E-state index contributed by atoms with van der Waals surface area (Å²) < 4.78 is 0. The van der Waals surface area contributed by atoms with Gasteiger partial charge in [-0.2, -0.15) is 0 Å². The van der Waals surface area contributed by atoms with E-state index >= 15 is 0 Å². The number of nitrogens with two attached hydrogens (primary N) is 1. The molecule has 0 bridgehead atoms. The van der Waals surface area contributed by atoms with E-state index in [1.54, 1.807) is 6.21 Å². The number of aliphatic imine (C=N–C) groups is 1. The fourth-order valence-electron chi connectivity index (χ4n) is 1.87. The van der Waals surface area contributed by atoms with Crippen LogP contribution >= 0.6 is 0 Å². The van der Waals surface area contributed by atoms with Crippen molar-refractivity contribution in [2.24, 2.45) is 16.6 Å². The Labute approximate surface area is 125 Å². The van der Waals surface area contributed by atoms with E-state index in [-0.39, 0.29) is 36.7 Å². The summed E-state index contributed by atoms with van der Waals surface area (Å²) in [5, 5.41) is 13.2. The number of hydrogen-bond donors (Lipinski definition) is 2. The number of rotatable bonds is 7. The molecule has 6 nitrogen and oxygen atoms in total. The molecule has 0 aliphatic carbocycles. The zero-order chi connectivity index (χ0) is 13.5. The van der Waals surface area contributed by atoms with Crippen LogP contribution in [-0.2, 0) is 9.59 Å². The van der Waals surface area contributed by atoms with Crippen molar-refractivity contribution in [3.63, 3.8) is 0 Å². The molecule has 1 amide bonds. The molecular formula is C12H20LiN3O3. The minimum Gasteiger partial charge on any atom is -0.548 e. The summed E-state index contributed by atoms with van der Waals surface area (Å²) in [4.78, 5) is 26.2. The van der Waals surface area contributed by atoms with Gasteiger partial charge in [0.2, 0.25) is 5.91 Å². The number of nitrogens with one attached hydrogen (secondary N) is 1. The zero-order valence-electron chi connectivity index (χ0n) is 11.6. The largest absolute Gasteiger partial charge is 1.00 e. The van der Waals surface area contributed by atoms with Crippen molar-refractivity contribution in [1.82, 2.24) is 5.32 Å². The Morgan fingerprint density at radius 2 is 2.21 bits per heavy atom. The summed E-state index contributed by atoms with van der Waals surface area (Å²) in [5.74, 6) is -1.02. The molecule has 102 valence electrons. The molecule has 0 unspecified atom stereocenters. The Kier molecular flexibility index (Phi) is 8.73. The number of carbonyl (C=O) groups excluding carboxylic acids is 2. The number of unbranched alkanes of at least 4 members (excludes halogenated alkanes) is 1. The van der Waals surface area contributed by atoms with Gasteiger partial charge in [0.15, 0.2) is 0 Å². The minimum absolute atomic E-state index is 0. The Hall–Kier alpha value is -0.833. The van der Waals surface area contributed by atoms with E-state index in [2.05, 4.69) is 10.3 Å². The van der Waals surface area contributed by atoms with Crippen LogP contribution in [0.25, 0.3) is 0 Å². The maximum atomic E-state index is 11.7. The molecule has 0 spiro atoms. The average molecular weight is 261 g/mol. The summed E-state index contributed by atoms with van der Waals surface area (Å²) >= 11 is 0. The van der Waals surface area contributed by atoms with Crippen LogP contribution in [0.2, 0.25) is 0 Å². The molecule has 0 radical (unpaired) electrons. The first-order valence-electron chi connectivity index (χ1n) is 6.28. The Bertz CT molecular complexity index is 336. The summed E-state index contributed by atoms with van der Waals surface area (Å²) in [6.45, 7) is 2.52. The summed E-state index contributed by atoms with van der Waals surface area (Å²) in [6, 6.07) is -1.18. The van der Waals surface area contributed by atoms with Gasteiger partial charge in [-0.3, -0.25) is 9.79 Å². The van der Waals surface area contributed by atoms with Crippen LogP contribution in [0.3, 0.4) is 0 Å². The molecule has 1 heterocycles. The van der Waals surface area contributed by atoms with Crippen LogP contribution in [0, 0.1) is 5.92 Å². The molecule has 0 saturated heterocycles. The third-order valence-corrected chi connectivity index (χ3v) is 3.09. The van der Waals surface area contributed by atoms with Gasteiger partial charge in [0.05, 0.1) is 5.97 Å². The van der Waals surface area contributed by atoms with Crippen molar-refractivity contribution in [3.8, 4) is 0 Å². The molecule has 1 aliphatic heterocycles. The molecule has 19 heavy (non-hydrogen) atoms. The molecule has 0 fully saturated rings. The van der Waals surface area contributed by atoms with Gasteiger partial charge in [-0.15, -0.1) is 0 Å². The molecule has 3 N–H and O–H groups in total. The van der Waals surface area contributed by atoms with E-state index in [0.29, 0.717) is 25.8 Å². The van der Waals surface area contributed by atoms with E-state index in [0.717, 1.165) is 6.42 Å². The van der Waals surface area contributed by atoms with Gasteiger partial charge >= 0.3 is 18.9 Å². The van der Waals surface area contributed by atoms with Gasteiger partial charge in [0, 0.05) is 18.8 Å². The number of amides is 1. The topological polar surface area (TPSA) is 108 Å². The van der Waals surface area contributed by atoms with E-state index in [1.807, 2.05) is 6.92 Å². The van der Waals surface area contributed by atoms with Crippen LogP contribution in [0.15, 0.2) is 4.99 Å². The first-order valence-corrected chi connectivity index (χ1v) is 6.28. The summed E-state index contributed by atoms with van der Waals surface area (Å²) in [7, 11) is 0. The third kappa shape index (κ3) is 6.24. The number of carboxylic acids is 1. The number of aliphatic carboxylic acids is 1.